The number of carbonyl (C=O) groups excluding carboxylic acids is 4. The standard InChI is InChI=1S/C68H88N4O14.2CHF3O3S.2Co/c1-65(2,3)49-33-45-29-41(61(49)77)37-69-53-17-13-14-18-54(53)70-38-42-30-46(34-50(62(42)78)66(4,5)6)85-59(75)23-27-82-28-24-60(76)86-48-32-44(64(80)52(36-48)68(10,11)12)40-72-56-20-16-15-19-55(56)71-39-43-31-47(35-51(63(43)79)67(7,8)9)84-58(74)22-26-81-25-21-57(73)83-45;2*2-1(3,4)8(5,6)7;;/h29-40,53-56,77-80H,13-28H2,1-12H3;2*(H,5,6,7);;/t53-,54-,55-,56-;;;;/m0..../s1. The molecule has 2 fully saturated rings. The van der Waals surface area contributed by atoms with Crippen molar-refractivity contribution in [3.63, 3.8) is 0 Å². The van der Waals surface area contributed by atoms with Crippen molar-refractivity contribution < 1.29 is 154 Å². The molecule has 1 aliphatic heterocycles. The van der Waals surface area contributed by atoms with Crippen molar-refractivity contribution >= 4 is 69.0 Å². The van der Waals surface area contributed by atoms with Gasteiger partial charge in [0.2, 0.25) is 0 Å². The van der Waals surface area contributed by atoms with E-state index in [1.807, 2.05) is 83.1 Å². The van der Waals surface area contributed by atoms with E-state index in [2.05, 4.69) is 0 Å². The molecule has 4 aromatic rings. The number of esters is 4. The third-order valence-corrected chi connectivity index (χ3v) is 17.2. The Morgan fingerprint density at radius 3 is 0.683 bits per heavy atom. The van der Waals surface area contributed by atoms with Crippen LogP contribution in [-0.4, -0.2) is 157 Å². The predicted octanol–water partition coefficient (Wildman–Crippen LogP) is 13.1. The summed E-state index contributed by atoms with van der Waals surface area (Å²) in [6.45, 7) is 23.1. The molecule has 3 aliphatic rings. The molecule has 1 heterocycles. The second kappa shape index (κ2) is 38.0. The number of ether oxygens (including phenoxy) is 6. The van der Waals surface area contributed by atoms with Crippen LogP contribution in [0.3, 0.4) is 0 Å². The summed E-state index contributed by atoms with van der Waals surface area (Å²) in [6.07, 6.45) is 12.2. The first kappa shape index (κ1) is 91.2. The number of aliphatic imine (C=N–C) groups is 4. The molecule has 34 heteroatoms. The second-order valence-corrected chi connectivity index (χ2v) is 31.4. The summed E-state index contributed by atoms with van der Waals surface area (Å²) >= 11 is 0. The number of rotatable bonds is 0. The van der Waals surface area contributed by atoms with Crippen molar-refractivity contribution in [2.75, 3.05) is 26.4 Å². The Balaban J connectivity index is 0.00000139. The Labute approximate surface area is 621 Å². The van der Waals surface area contributed by atoms with E-state index in [1.165, 1.54) is 0 Å². The van der Waals surface area contributed by atoms with E-state index in [4.69, 9.17) is 74.3 Å². The number of hydrogen-bond acceptors (Lipinski definition) is 22. The molecule has 104 heavy (non-hydrogen) atoms. The van der Waals surface area contributed by atoms with Gasteiger partial charge >= 0.3 is 55.1 Å². The molecule has 2 radical (unpaired) electrons. The third-order valence-electron chi connectivity index (χ3n) is 16.0. The van der Waals surface area contributed by atoms with Crippen molar-refractivity contribution in [2.45, 2.75) is 217 Å². The quantitative estimate of drug-likeness (QED) is 0.0313. The molecule has 0 saturated heterocycles. The topological polar surface area (TPSA) is 363 Å². The minimum absolute atomic E-state index is 0. The van der Waals surface area contributed by atoms with Gasteiger partial charge in [-0.25, -0.2) is 0 Å². The number of nitrogens with zero attached hydrogens (tertiary/aromatic N) is 4. The molecular formula is C70H90Co2F6N4O20S2. The number of phenolic OH excluding ortho intramolecular Hbond substituents is 4. The normalized spacial score (nSPS) is 19.4. The number of hydrogen-bond donors (Lipinski definition) is 6. The molecule has 0 spiro atoms. The first-order chi connectivity index (χ1) is 46.9. The van der Waals surface area contributed by atoms with Gasteiger partial charge in [-0.05, 0) is 95.9 Å². The molecule has 7 rings (SSSR count). The van der Waals surface area contributed by atoms with E-state index in [0.717, 1.165) is 25.7 Å². The fraction of sp³-hybridized carbons (Fsp3) is 0.543. The summed E-state index contributed by atoms with van der Waals surface area (Å²) in [7, 11) is -11.7. The van der Waals surface area contributed by atoms with E-state index < -0.39 is 76.8 Å². The van der Waals surface area contributed by atoms with Gasteiger partial charge in [0.05, 0.1) is 76.3 Å². The van der Waals surface area contributed by atoms with Crippen LogP contribution in [0.4, 0.5) is 26.3 Å². The molecule has 8 bridgehead atoms. The Hall–Kier alpha value is -7.03. The summed E-state index contributed by atoms with van der Waals surface area (Å²) < 4.78 is 150. The van der Waals surface area contributed by atoms with Crippen LogP contribution in [0.25, 0.3) is 0 Å². The van der Waals surface area contributed by atoms with Crippen LogP contribution in [0, 0.1) is 0 Å². The summed E-state index contributed by atoms with van der Waals surface area (Å²) in [4.78, 5) is 72.9. The first-order valence-corrected chi connectivity index (χ1v) is 35.5. The Morgan fingerprint density at radius 2 is 0.529 bits per heavy atom. The molecule has 24 nitrogen and oxygen atoms in total. The van der Waals surface area contributed by atoms with Gasteiger partial charge in [-0.15, -0.1) is 0 Å². The van der Waals surface area contributed by atoms with Gasteiger partial charge in [-0.2, -0.15) is 43.2 Å². The fourth-order valence-electron chi connectivity index (χ4n) is 10.6. The summed E-state index contributed by atoms with van der Waals surface area (Å²) in [6, 6.07) is 11.6. The number of aromatic hydroxyl groups is 4. The Bertz CT molecular complexity index is 3550. The molecular weight excluding hydrogens is 1510 g/mol. The van der Waals surface area contributed by atoms with Crippen LogP contribution in [0.5, 0.6) is 46.0 Å². The van der Waals surface area contributed by atoms with E-state index in [1.54, 1.807) is 73.4 Å². The van der Waals surface area contributed by atoms with E-state index >= 15 is 0 Å². The van der Waals surface area contributed by atoms with Crippen molar-refractivity contribution in [1.29, 1.82) is 0 Å². The smallest absolute Gasteiger partial charge is 0.507 e. The summed E-state index contributed by atoms with van der Waals surface area (Å²) in [5, 5.41) is 46.3. The zero-order valence-corrected chi connectivity index (χ0v) is 63.2. The maximum Gasteiger partial charge on any atom is 0.522 e. The third kappa shape index (κ3) is 28.0. The maximum absolute atomic E-state index is 13.3. The first-order valence-electron chi connectivity index (χ1n) is 32.6. The molecule has 6 N–H and O–H groups in total. The fourth-order valence-corrected chi connectivity index (χ4v) is 10.6. The van der Waals surface area contributed by atoms with Crippen LogP contribution >= 0.6 is 0 Å². The predicted molar refractivity (Wildman–Crippen MR) is 368 cm³/mol. The molecule has 4 aromatic carbocycles. The molecule has 582 valence electrons. The number of halogens is 6. The van der Waals surface area contributed by atoms with Gasteiger partial charge in [0.15, 0.2) is 0 Å². The SMILES string of the molecule is CC(C)(C)c1cc2cc(c1O)C=N[C@H]1CCCC[C@@H]1N=Cc1cc(cc(C(C)(C)C)c1O)OC(=O)CCOCCC(=O)Oc1cc(c(O)c(C(C)(C)C)c1)C=N[C@H]1CCCC[C@@H]1N=Cc1cc(cc(C(C)(C)C)c1O)OC(=O)CCOCCC(=O)O2.O=S(=O)(O)C(F)(F)F.O=S(=O)(O)C(F)(F)F.[Co].[Co]. The van der Waals surface area contributed by atoms with Gasteiger partial charge in [-0.3, -0.25) is 48.3 Å². The minimum atomic E-state index is -5.84. The van der Waals surface area contributed by atoms with Crippen LogP contribution in [0.15, 0.2) is 68.5 Å². The minimum Gasteiger partial charge on any atom is -0.507 e. The molecule has 4 atom stereocenters. The monoisotopic (exact) mass is 1600 g/mol. The van der Waals surface area contributed by atoms with Gasteiger partial charge in [0.25, 0.3) is 0 Å². The van der Waals surface area contributed by atoms with Gasteiger partial charge in [-0.1, -0.05) is 109 Å². The molecule has 0 aromatic heterocycles. The van der Waals surface area contributed by atoms with Crippen molar-refractivity contribution in [2.24, 2.45) is 20.0 Å². The van der Waals surface area contributed by atoms with E-state index in [9.17, 15) is 65.9 Å². The van der Waals surface area contributed by atoms with E-state index in [0.29, 0.717) is 70.2 Å². The number of benzene rings is 4. The summed E-state index contributed by atoms with van der Waals surface area (Å²) in [5.41, 5.74) is -9.67. The maximum atomic E-state index is 13.3. The molecule has 0 unspecified atom stereocenters. The van der Waals surface area contributed by atoms with Crippen LogP contribution in [0.2, 0.25) is 0 Å². The van der Waals surface area contributed by atoms with Crippen LogP contribution < -0.4 is 18.9 Å². The zero-order valence-electron chi connectivity index (χ0n) is 59.5. The number of alkyl halides is 6. The largest absolute Gasteiger partial charge is 0.522 e. The number of fused-ring (bicyclic) bond motifs is 10. The number of carbonyl (C=O) groups is 4. The van der Waals surface area contributed by atoms with Crippen LogP contribution in [0.1, 0.15) is 205 Å². The number of phenols is 4. The van der Waals surface area contributed by atoms with Gasteiger partial charge in [0, 0.05) is 103 Å². The Kier molecular flexibility index (Phi) is 33.3. The van der Waals surface area contributed by atoms with Crippen molar-refractivity contribution in [3.05, 3.63) is 93.0 Å². The van der Waals surface area contributed by atoms with Crippen molar-refractivity contribution in [3.8, 4) is 46.0 Å². The van der Waals surface area contributed by atoms with Crippen LogP contribution in [-0.2, 0) is 104 Å². The molecule has 2 saturated carbocycles. The average Bonchev–Trinajstić information content (AvgIpc) is 0.813. The Morgan fingerprint density at radius 1 is 0.356 bits per heavy atom. The molecule has 0 amide bonds. The average molecular weight is 1600 g/mol. The second-order valence-electron chi connectivity index (χ2n) is 28.5. The van der Waals surface area contributed by atoms with E-state index in [-0.39, 0.29) is 156 Å². The summed E-state index contributed by atoms with van der Waals surface area (Å²) in [5.74, 6) is -1.51. The zero-order chi connectivity index (χ0) is 76.7. The van der Waals surface area contributed by atoms with Gasteiger partial charge in [0.1, 0.15) is 46.0 Å². The van der Waals surface area contributed by atoms with Crippen molar-refractivity contribution in [1.82, 2.24) is 0 Å². The van der Waals surface area contributed by atoms with Gasteiger partial charge < -0.3 is 48.8 Å². The molecule has 2 aliphatic carbocycles.